The Balaban J connectivity index is 1.51. The third-order valence-electron chi connectivity index (χ3n) is 4.81. The highest BCUT2D eigenvalue weighted by Crippen LogP contribution is 2.54. The molecule has 0 aromatic carbocycles. The highest BCUT2D eigenvalue weighted by Gasteiger charge is 2.48. The van der Waals surface area contributed by atoms with Crippen LogP contribution in [0.4, 0.5) is 8.78 Å². The van der Waals surface area contributed by atoms with Crippen molar-refractivity contribution in [3.8, 4) is 0 Å². The predicted molar refractivity (Wildman–Crippen MR) is 62.3 cm³/mol. The van der Waals surface area contributed by atoms with Crippen LogP contribution in [-0.2, 0) is 4.79 Å². The van der Waals surface area contributed by atoms with Gasteiger partial charge in [0.15, 0.2) is 0 Å². The van der Waals surface area contributed by atoms with Gasteiger partial charge in [-0.1, -0.05) is 11.6 Å². The normalized spacial score (nSPS) is 37.4. The Labute approximate surface area is 105 Å². The molecule has 0 saturated heterocycles. The van der Waals surface area contributed by atoms with Crippen molar-refractivity contribution in [2.45, 2.75) is 44.4 Å². The molecule has 2 nitrogen and oxygen atoms in total. The Bertz CT molecular complexity index is 395. The molecule has 1 N–H and O–H groups in total. The number of allylic oxidation sites excluding steroid dienone is 2. The minimum atomic E-state index is -2.42. The Kier molecular flexibility index (Phi) is 2.72. The van der Waals surface area contributed by atoms with Crippen LogP contribution in [0.5, 0.6) is 0 Å². The summed E-state index contributed by atoms with van der Waals surface area (Å²) in [5, 5.41) is 8.78. The number of hydrogen-bond acceptors (Lipinski definition) is 1. The molecular formula is C14H18F2O2. The average molecular weight is 256 g/mol. The van der Waals surface area contributed by atoms with Gasteiger partial charge < -0.3 is 5.11 Å². The summed E-state index contributed by atoms with van der Waals surface area (Å²) < 4.78 is 25.5. The SMILES string of the molecule is O=C(O)CC1CC2CC(CC3CC(F)(F)C3)=C[C@@H]12. The van der Waals surface area contributed by atoms with Gasteiger partial charge in [0.25, 0.3) is 0 Å². The molecule has 0 bridgehead atoms. The van der Waals surface area contributed by atoms with Gasteiger partial charge in [-0.15, -0.1) is 0 Å². The van der Waals surface area contributed by atoms with Crippen LogP contribution in [-0.4, -0.2) is 17.0 Å². The quantitative estimate of drug-likeness (QED) is 0.782. The second-order valence-electron chi connectivity index (χ2n) is 6.29. The fourth-order valence-corrected chi connectivity index (χ4v) is 3.96. The third-order valence-corrected chi connectivity index (χ3v) is 4.81. The Morgan fingerprint density at radius 1 is 1.44 bits per heavy atom. The second-order valence-corrected chi connectivity index (χ2v) is 6.29. The van der Waals surface area contributed by atoms with Crippen molar-refractivity contribution < 1.29 is 18.7 Å². The van der Waals surface area contributed by atoms with Crippen LogP contribution in [0, 0.1) is 23.7 Å². The Morgan fingerprint density at radius 3 is 2.78 bits per heavy atom. The molecule has 3 rings (SSSR count). The van der Waals surface area contributed by atoms with Crippen molar-refractivity contribution in [3.05, 3.63) is 11.6 Å². The summed E-state index contributed by atoms with van der Waals surface area (Å²) in [4.78, 5) is 10.7. The summed E-state index contributed by atoms with van der Waals surface area (Å²) in [6.45, 7) is 0. The molecule has 100 valence electrons. The molecule has 0 aromatic heterocycles. The van der Waals surface area contributed by atoms with Crippen molar-refractivity contribution in [3.63, 3.8) is 0 Å². The molecule has 0 aliphatic heterocycles. The van der Waals surface area contributed by atoms with E-state index < -0.39 is 11.9 Å². The maximum Gasteiger partial charge on any atom is 0.303 e. The lowest BCUT2D eigenvalue weighted by Crippen LogP contribution is -2.35. The summed E-state index contributed by atoms with van der Waals surface area (Å²) in [5.74, 6) is -1.69. The van der Waals surface area contributed by atoms with Crippen LogP contribution >= 0.6 is 0 Å². The van der Waals surface area contributed by atoms with Crippen LogP contribution in [0.1, 0.15) is 38.5 Å². The Morgan fingerprint density at radius 2 is 2.17 bits per heavy atom. The minimum absolute atomic E-state index is 0.0399. The van der Waals surface area contributed by atoms with Crippen LogP contribution in [0.2, 0.25) is 0 Å². The highest BCUT2D eigenvalue weighted by molar-refractivity contribution is 5.67. The van der Waals surface area contributed by atoms with Crippen molar-refractivity contribution in [1.82, 2.24) is 0 Å². The smallest absolute Gasteiger partial charge is 0.303 e. The number of alkyl halides is 2. The molecular weight excluding hydrogens is 238 g/mol. The van der Waals surface area contributed by atoms with Gasteiger partial charge in [0.2, 0.25) is 5.92 Å². The largest absolute Gasteiger partial charge is 0.481 e. The van der Waals surface area contributed by atoms with Crippen LogP contribution < -0.4 is 0 Å². The molecule has 3 aliphatic rings. The molecule has 3 aliphatic carbocycles. The second kappa shape index (κ2) is 4.04. The number of fused-ring (bicyclic) bond motifs is 1. The van der Waals surface area contributed by atoms with E-state index in [0.717, 1.165) is 19.3 Å². The zero-order valence-corrected chi connectivity index (χ0v) is 10.2. The molecule has 0 aromatic rings. The molecule has 0 heterocycles. The van der Waals surface area contributed by atoms with Crippen LogP contribution in [0.25, 0.3) is 0 Å². The fraction of sp³-hybridized carbons (Fsp3) is 0.786. The van der Waals surface area contributed by atoms with E-state index in [0.29, 0.717) is 11.8 Å². The summed E-state index contributed by atoms with van der Waals surface area (Å²) in [6.07, 6.45) is 5.35. The fourth-order valence-electron chi connectivity index (χ4n) is 3.96. The lowest BCUT2D eigenvalue weighted by atomic mass is 9.65. The number of hydrogen-bond donors (Lipinski definition) is 1. The van der Waals surface area contributed by atoms with Gasteiger partial charge in [-0.25, -0.2) is 8.78 Å². The number of carbonyl (C=O) groups is 1. The zero-order chi connectivity index (χ0) is 12.9. The first-order chi connectivity index (χ1) is 8.43. The maximum atomic E-state index is 12.7. The van der Waals surface area contributed by atoms with Crippen molar-refractivity contribution in [2.24, 2.45) is 23.7 Å². The minimum Gasteiger partial charge on any atom is -0.481 e. The van der Waals surface area contributed by atoms with E-state index in [1.54, 1.807) is 0 Å². The first kappa shape index (κ1) is 12.1. The average Bonchev–Trinajstić information content (AvgIpc) is 2.50. The molecule has 3 atom stereocenters. The number of rotatable bonds is 4. The summed E-state index contributed by atoms with van der Waals surface area (Å²) in [5.41, 5.74) is 1.30. The molecule has 0 amide bonds. The Hall–Kier alpha value is -0.930. The van der Waals surface area contributed by atoms with Crippen molar-refractivity contribution in [1.29, 1.82) is 0 Å². The number of aliphatic carboxylic acids is 1. The third kappa shape index (κ3) is 2.17. The van der Waals surface area contributed by atoms with E-state index >= 15 is 0 Å². The van der Waals surface area contributed by atoms with Gasteiger partial charge >= 0.3 is 5.97 Å². The van der Waals surface area contributed by atoms with Crippen molar-refractivity contribution >= 4 is 5.97 Å². The summed E-state index contributed by atoms with van der Waals surface area (Å²) in [6, 6.07) is 0. The van der Waals surface area contributed by atoms with E-state index in [1.807, 2.05) is 0 Å². The van der Waals surface area contributed by atoms with E-state index in [9.17, 15) is 13.6 Å². The predicted octanol–water partition coefficient (Wildman–Crippen LogP) is 3.48. The molecule has 2 unspecified atom stereocenters. The van der Waals surface area contributed by atoms with Gasteiger partial charge in [0, 0.05) is 19.3 Å². The van der Waals surface area contributed by atoms with Gasteiger partial charge in [-0.3, -0.25) is 4.79 Å². The zero-order valence-electron chi connectivity index (χ0n) is 10.2. The topological polar surface area (TPSA) is 37.3 Å². The molecule has 0 spiro atoms. The monoisotopic (exact) mass is 256 g/mol. The molecule has 18 heavy (non-hydrogen) atoms. The van der Waals surface area contributed by atoms with Crippen molar-refractivity contribution in [2.75, 3.05) is 0 Å². The highest BCUT2D eigenvalue weighted by atomic mass is 19.3. The van der Waals surface area contributed by atoms with Gasteiger partial charge in [0.1, 0.15) is 0 Å². The van der Waals surface area contributed by atoms with E-state index in [1.165, 1.54) is 5.57 Å². The number of halogens is 2. The van der Waals surface area contributed by atoms with Crippen LogP contribution in [0.15, 0.2) is 11.6 Å². The molecule has 2 fully saturated rings. The molecule has 4 heteroatoms. The first-order valence-electron chi connectivity index (χ1n) is 6.72. The van der Waals surface area contributed by atoms with Gasteiger partial charge in [-0.05, 0) is 42.9 Å². The van der Waals surface area contributed by atoms with E-state index in [4.69, 9.17) is 5.11 Å². The summed E-state index contributed by atoms with van der Waals surface area (Å²) in [7, 11) is 0. The summed E-state index contributed by atoms with van der Waals surface area (Å²) >= 11 is 0. The lowest BCUT2D eigenvalue weighted by molar-refractivity contribution is -0.139. The maximum absolute atomic E-state index is 12.7. The standard InChI is InChI=1S/C14H18F2O2/c15-14(16)6-9(7-14)1-8-2-10-4-11(5-13(17)18)12(10)3-8/h3,9-12H,1-2,4-7H2,(H,17,18)/t10?,11?,12-/m1/s1. The number of carboxylic acid groups (broad SMARTS) is 1. The van der Waals surface area contributed by atoms with E-state index in [-0.39, 0.29) is 31.1 Å². The van der Waals surface area contributed by atoms with Crippen LogP contribution in [0.3, 0.4) is 0 Å². The first-order valence-corrected chi connectivity index (χ1v) is 6.72. The molecule has 0 radical (unpaired) electrons. The lowest BCUT2D eigenvalue weighted by Gasteiger charge is -2.39. The van der Waals surface area contributed by atoms with Gasteiger partial charge in [0.05, 0.1) is 0 Å². The number of carboxylic acids is 1. The van der Waals surface area contributed by atoms with E-state index in [2.05, 4.69) is 6.08 Å². The van der Waals surface area contributed by atoms with Gasteiger partial charge in [-0.2, -0.15) is 0 Å². The molecule has 2 saturated carbocycles.